The number of hydrogen-bond donors (Lipinski definition) is 2. The molecule has 0 heterocycles. The van der Waals surface area contributed by atoms with Gasteiger partial charge in [0.2, 0.25) is 6.30 Å². The van der Waals surface area contributed by atoms with Gasteiger partial charge in [-0.1, -0.05) is 0 Å². The van der Waals surface area contributed by atoms with Crippen molar-refractivity contribution in [3.05, 3.63) is 0 Å². The van der Waals surface area contributed by atoms with Crippen molar-refractivity contribution in [1.82, 2.24) is 5.32 Å². The molecule has 1 unspecified atom stereocenters. The first-order valence-electron chi connectivity index (χ1n) is 2.41. The van der Waals surface area contributed by atoms with Crippen LogP contribution >= 0.6 is 0 Å². The zero-order valence-corrected chi connectivity index (χ0v) is 4.85. The Morgan fingerprint density at radius 3 is 2.30 bits per heavy atom. The second kappa shape index (κ2) is 4.10. The summed E-state index contributed by atoms with van der Waals surface area (Å²) in [5.74, 6) is -1.37. The molecule has 0 aliphatic heterocycles. The Kier molecular flexibility index (Phi) is 3.78. The second-order valence-corrected chi connectivity index (χ2v) is 1.51. The summed E-state index contributed by atoms with van der Waals surface area (Å²) in [6, 6.07) is 0. The molecular formula is C4H6F3NO2. The summed E-state index contributed by atoms with van der Waals surface area (Å²) in [6.45, 7) is -0.800. The van der Waals surface area contributed by atoms with Gasteiger partial charge in [0.15, 0.2) is 0 Å². The number of hydrogen-bond acceptors (Lipinski definition) is 2. The number of carboxylic acids is 1. The number of alkyl halides is 3. The fraction of sp³-hybridized carbons (Fsp3) is 0.750. The molecule has 0 aliphatic rings. The standard InChI is InChI=1S/C4H6F3NO2/c5-3(6)4(7)8-1-2(9)10/h3-4,8H,1H2,(H,9,10). The van der Waals surface area contributed by atoms with Gasteiger partial charge in [0.25, 0.3) is 6.43 Å². The van der Waals surface area contributed by atoms with Crippen molar-refractivity contribution in [1.29, 1.82) is 0 Å². The normalized spacial score (nSPS) is 13.6. The quantitative estimate of drug-likeness (QED) is 0.574. The van der Waals surface area contributed by atoms with Crippen molar-refractivity contribution < 1.29 is 23.1 Å². The predicted octanol–water partition coefficient (Wildman–Crippen LogP) is 0.221. The third kappa shape index (κ3) is 4.13. The lowest BCUT2D eigenvalue weighted by Crippen LogP contribution is -2.35. The van der Waals surface area contributed by atoms with Gasteiger partial charge in [-0.05, 0) is 0 Å². The highest BCUT2D eigenvalue weighted by atomic mass is 19.3. The van der Waals surface area contributed by atoms with Crippen LogP contribution in [-0.4, -0.2) is 30.3 Å². The molecule has 0 rings (SSSR count). The number of nitrogens with one attached hydrogen (secondary N) is 1. The first-order chi connectivity index (χ1) is 4.54. The Labute approximate surface area is 54.8 Å². The molecule has 3 nitrogen and oxygen atoms in total. The molecule has 6 heteroatoms. The summed E-state index contributed by atoms with van der Waals surface area (Å²) < 4.78 is 34.3. The zero-order chi connectivity index (χ0) is 8.15. The lowest BCUT2D eigenvalue weighted by Gasteiger charge is -2.05. The lowest BCUT2D eigenvalue weighted by atomic mass is 10.5. The molecule has 10 heavy (non-hydrogen) atoms. The highest BCUT2D eigenvalue weighted by Gasteiger charge is 2.18. The van der Waals surface area contributed by atoms with Gasteiger partial charge in [0.05, 0.1) is 6.54 Å². The molecule has 0 aromatic carbocycles. The molecule has 0 bridgehead atoms. The SMILES string of the molecule is O=C(O)CNC(F)C(F)F. The van der Waals surface area contributed by atoms with Crippen molar-refractivity contribution in [2.75, 3.05) is 6.54 Å². The van der Waals surface area contributed by atoms with Crippen molar-refractivity contribution in [3.8, 4) is 0 Å². The summed E-state index contributed by atoms with van der Waals surface area (Å²) in [5.41, 5.74) is 0. The summed E-state index contributed by atoms with van der Waals surface area (Å²) in [6.07, 6.45) is -5.74. The third-order valence-electron chi connectivity index (χ3n) is 0.670. The highest BCUT2D eigenvalue weighted by molar-refractivity contribution is 5.69. The summed E-state index contributed by atoms with van der Waals surface area (Å²) in [5, 5.41) is 9.34. The largest absolute Gasteiger partial charge is 0.480 e. The number of carbonyl (C=O) groups is 1. The Morgan fingerprint density at radius 1 is 1.50 bits per heavy atom. The number of aliphatic carboxylic acids is 1. The summed E-state index contributed by atoms with van der Waals surface area (Å²) in [7, 11) is 0. The fourth-order valence-electron chi connectivity index (χ4n) is 0.274. The van der Waals surface area contributed by atoms with Crippen LogP contribution in [0.2, 0.25) is 0 Å². The smallest absolute Gasteiger partial charge is 0.317 e. The zero-order valence-electron chi connectivity index (χ0n) is 4.85. The van der Waals surface area contributed by atoms with Gasteiger partial charge in [0, 0.05) is 0 Å². The third-order valence-corrected chi connectivity index (χ3v) is 0.670. The molecule has 1 atom stereocenters. The van der Waals surface area contributed by atoms with Crippen LogP contribution in [0.1, 0.15) is 0 Å². The first kappa shape index (κ1) is 9.22. The molecule has 60 valence electrons. The summed E-state index contributed by atoms with van der Waals surface area (Å²) >= 11 is 0. The Balaban J connectivity index is 3.39. The van der Waals surface area contributed by atoms with Gasteiger partial charge in [0.1, 0.15) is 0 Å². The van der Waals surface area contributed by atoms with Crippen LogP contribution in [0.3, 0.4) is 0 Å². The monoisotopic (exact) mass is 157 g/mol. The minimum atomic E-state index is -3.18. The molecule has 0 radical (unpaired) electrons. The maximum Gasteiger partial charge on any atom is 0.317 e. The highest BCUT2D eigenvalue weighted by Crippen LogP contribution is 2.00. The maximum atomic E-state index is 11.8. The van der Waals surface area contributed by atoms with E-state index in [1.807, 2.05) is 0 Å². The van der Waals surface area contributed by atoms with Crippen LogP contribution in [0.25, 0.3) is 0 Å². The van der Waals surface area contributed by atoms with Crippen LogP contribution in [-0.2, 0) is 4.79 Å². The lowest BCUT2D eigenvalue weighted by molar-refractivity contribution is -0.136. The van der Waals surface area contributed by atoms with Crippen molar-refractivity contribution in [3.63, 3.8) is 0 Å². The summed E-state index contributed by atoms with van der Waals surface area (Å²) in [4.78, 5) is 9.65. The van der Waals surface area contributed by atoms with Crippen LogP contribution < -0.4 is 5.32 Å². The van der Waals surface area contributed by atoms with Gasteiger partial charge in [-0.15, -0.1) is 0 Å². The van der Waals surface area contributed by atoms with Gasteiger partial charge in [-0.3, -0.25) is 10.1 Å². The van der Waals surface area contributed by atoms with E-state index in [4.69, 9.17) is 5.11 Å². The van der Waals surface area contributed by atoms with Gasteiger partial charge < -0.3 is 5.11 Å². The van der Waals surface area contributed by atoms with E-state index < -0.39 is 25.2 Å². The topological polar surface area (TPSA) is 49.3 Å². The molecule has 0 aliphatic carbocycles. The van der Waals surface area contributed by atoms with Gasteiger partial charge >= 0.3 is 5.97 Å². The van der Waals surface area contributed by atoms with E-state index in [2.05, 4.69) is 0 Å². The van der Waals surface area contributed by atoms with Crippen LogP contribution in [0.4, 0.5) is 13.2 Å². The van der Waals surface area contributed by atoms with E-state index in [1.165, 1.54) is 5.32 Å². The molecule has 0 aromatic heterocycles. The molecule has 0 saturated carbocycles. The van der Waals surface area contributed by atoms with Crippen LogP contribution in [0.5, 0.6) is 0 Å². The molecule has 0 amide bonds. The van der Waals surface area contributed by atoms with E-state index in [9.17, 15) is 18.0 Å². The first-order valence-corrected chi connectivity index (χ1v) is 2.41. The molecule has 2 N–H and O–H groups in total. The van der Waals surface area contributed by atoms with E-state index in [0.717, 1.165) is 0 Å². The van der Waals surface area contributed by atoms with Crippen molar-refractivity contribution in [2.45, 2.75) is 12.7 Å². The van der Waals surface area contributed by atoms with E-state index in [0.29, 0.717) is 0 Å². The van der Waals surface area contributed by atoms with Gasteiger partial charge in [-0.2, -0.15) is 0 Å². The van der Waals surface area contributed by atoms with E-state index >= 15 is 0 Å². The van der Waals surface area contributed by atoms with Crippen molar-refractivity contribution in [2.24, 2.45) is 0 Å². The van der Waals surface area contributed by atoms with Crippen molar-refractivity contribution >= 4 is 5.97 Å². The average molecular weight is 157 g/mol. The number of halogens is 3. The van der Waals surface area contributed by atoms with Crippen LogP contribution in [0.15, 0.2) is 0 Å². The molecule has 0 saturated heterocycles. The minimum Gasteiger partial charge on any atom is -0.480 e. The molecule has 0 spiro atoms. The van der Waals surface area contributed by atoms with Crippen LogP contribution in [0, 0.1) is 0 Å². The minimum absolute atomic E-state index is 0.800. The molecular weight excluding hydrogens is 151 g/mol. The fourth-order valence-corrected chi connectivity index (χ4v) is 0.274. The number of carboxylic acid groups (broad SMARTS) is 1. The Bertz CT molecular complexity index is 119. The predicted molar refractivity (Wildman–Crippen MR) is 26.5 cm³/mol. The van der Waals surface area contributed by atoms with E-state index in [-0.39, 0.29) is 0 Å². The van der Waals surface area contributed by atoms with Gasteiger partial charge in [-0.25, -0.2) is 13.2 Å². The maximum absolute atomic E-state index is 11.8. The second-order valence-electron chi connectivity index (χ2n) is 1.51. The number of rotatable bonds is 4. The van der Waals surface area contributed by atoms with E-state index in [1.54, 1.807) is 0 Å². The Hall–Kier alpha value is -0.780. The molecule has 0 aromatic rings. The Morgan fingerprint density at radius 2 is 2.00 bits per heavy atom. The molecule has 0 fully saturated rings. The average Bonchev–Trinajstić information content (AvgIpc) is 1.82.